The van der Waals surface area contributed by atoms with E-state index in [1.54, 1.807) is 26.3 Å². The van der Waals surface area contributed by atoms with E-state index in [1.807, 2.05) is 25.1 Å². The summed E-state index contributed by atoms with van der Waals surface area (Å²) in [6.07, 6.45) is 0. The van der Waals surface area contributed by atoms with Gasteiger partial charge in [0.1, 0.15) is 5.75 Å². The number of ether oxygens (including phenoxy) is 1. The fraction of sp³-hybridized carbons (Fsp3) is 0.278. The Morgan fingerprint density at radius 3 is 2.44 bits per heavy atom. The number of methoxy groups -OCH3 is 1. The van der Waals surface area contributed by atoms with Crippen molar-refractivity contribution >= 4 is 11.6 Å². The average molecular weight is 342 g/mol. The van der Waals surface area contributed by atoms with Crippen LogP contribution >= 0.6 is 0 Å². The van der Waals surface area contributed by atoms with Crippen molar-refractivity contribution in [3.8, 4) is 5.75 Å². The van der Waals surface area contributed by atoms with Crippen LogP contribution < -0.4 is 15.4 Å². The molecule has 0 amide bonds. The molecule has 0 fully saturated rings. The summed E-state index contributed by atoms with van der Waals surface area (Å²) in [7, 11) is 3.34. The van der Waals surface area contributed by atoms with Crippen molar-refractivity contribution in [1.29, 1.82) is 0 Å². The summed E-state index contributed by atoms with van der Waals surface area (Å²) < 4.78 is 5.40. The van der Waals surface area contributed by atoms with Crippen LogP contribution in [0.3, 0.4) is 0 Å². The molecule has 2 N–H and O–H groups in total. The van der Waals surface area contributed by atoms with E-state index in [4.69, 9.17) is 4.74 Å². The molecular formula is C18H22N4O3. The van der Waals surface area contributed by atoms with Crippen LogP contribution in [0.2, 0.25) is 0 Å². The van der Waals surface area contributed by atoms with Crippen molar-refractivity contribution in [3.05, 3.63) is 69.3 Å². The summed E-state index contributed by atoms with van der Waals surface area (Å²) in [5, 5.41) is 17.1. The Hall–Kier alpha value is -3.09. The van der Waals surface area contributed by atoms with E-state index in [2.05, 4.69) is 15.6 Å². The van der Waals surface area contributed by atoms with Crippen LogP contribution in [0, 0.1) is 17.0 Å². The molecule has 0 heterocycles. The zero-order valence-corrected chi connectivity index (χ0v) is 14.6. The Kier molecular flexibility index (Phi) is 6.33. The molecule has 0 aliphatic carbocycles. The third-order valence-electron chi connectivity index (χ3n) is 3.72. The average Bonchev–Trinajstić information content (AvgIpc) is 2.63. The van der Waals surface area contributed by atoms with Crippen molar-refractivity contribution in [2.75, 3.05) is 14.2 Å². The van der Waals surface area contributed by atoms with Gasteiger partial charge in [-0.15, -0.1) is 0 Å². The zero-order chi connectivity index (χ0) is 18.2. The van der Waals surface area contributed by atoms with E-state index in [0.29, 0.717) is 19.0 Å². The van der Waals surface area contributed by atoms with Gasteiger partial charge in [-0.2, -0.15) is 0 Å². The molecule has 0 radical (unpaired) electrons. The number of nitro benzene ring substituents is 1. The molecule has 0 aliphatic rings. The Morgan fingerprint density at radius 1 is 1.16 bits per heavy atom. The smallest absolute Gasteiger partial charge is 0.269 e. The molecule has 2 rings (SSSR count). The van der Waals surface area contributed by atoms with Gasteiger partial charge in [-0.05, 0) is 24.1 Å². The number of hydrogen-bond acceptors (Lipinski definition) is 4. The second kappa shape index (κ2) is 8.68. The largest absolute Gasteiger partial charge is 0.496 e. The molecule has 2 aromatic rings. The van der Waals surface area contributed by atoms with Gasteiger partial charge in [0, 0.05) is 37.8 Å². The van der Waals surface area contributed by atoms with Gasteiger partial charge in [-0.25, -0.2) is 0 Å². The first-order chi connectivity index (χ1) is 12.0. The van der Waals surface area contributed by atoms with Crippen LogP contribution in [0.4, 0.5) is 5.69 Å². The molecular weight excluding hydrogens is 320 g/mol. The lowest BCUT2D eigenvalue weighted by molar-refractivity contribution is -0.384. The van der Waals surface area contributed by atoms with Crippen molar-refractivity contribution in [3.63, 3.8) is 0 Å². The maximum atomic E-state index is 10.7. The van der Waals surface area contributed by atoms with E-state index in [0.717, 1.165) is 22.4 Å². The van der Waals surface area contributed by atoms with Gasteiger partial charge in [0.15, 0.2) is 5.96 Å². The fourth-order valence-corrected chi connectivity index (χ4v) is 2.32. The summed E-state index contributed by atoms with van der Waals surface area (Å²) in [6.45, 7) is 3.11. The lowest BCUT2D eigenvalue weighted by Gasteiger charge is -2.14. The highest BCUT2D eigenvalue weighted by molar-refractivity contribution is 5.79. The zero-order valence-electron chi connectivity index (χ0n) is 14.6. The van der Waals surface area contributed by atoms with E-state index >= 15 is 0 Å². The predicted molar refractivity (Wildman–Crippen MR) is 97.9 cm³/mol. The molecule has 0 atom stereocenters. The highest BCUT2D eigenvalue weighted by Crippen LogP contribution is 2.19. The van der Waals surface area contributed by atoms with Gasteiger partial charge in [0.2, 0.25) is 0 Å². The second-order valence-electron chi connectivity index (χ2n) is 5.52. The van der Waals surface area contributed by atoms with Crippen LogP contribution in [0.5, 0.6) is 5.75 Å². The Labute approximate surface area is 146 Å². The quantitative estimate of drug-likeness (QED) is 0.365. The molecule has 132 valence electrons. The number of guanidine groups is 1. The van der Waals surface area contributed by atoms with E-state index in [1.165, 1.54) is 12.1 Å². The van der Waals surface area contributed by atoms with Crippen molar-refractivity contribution in [2.24, 2.45) is 4.99 Å². The minimum Gasteiger partial charge on any atom is -0.496 e. The number of hydrogen-bond donors (Lipinski definition) is 2. The third kappa shape index (κ3) is 5.20. The number of nitrogens with one attached hydrogen (secondary N) is 2. The van der Waals surface area contributed by atoms with Gasteiger partial charge < -0.3 is 15.4 Å². The summed E-state index contributed by atoms with van der Waals surface area (Å²) in [6, 6.07) is 12.5. The molecule has 0 unspecified atom stereocenters. The van der Waals surface area contributed by atoms with Gasteiger partial charge >= 0.3 is 0 Å². The minimum atomic E-state index is -0.410. The summed E-state index contributed by atoms with van der Waals surface area (Å²) in [5.74, 6) is 1.47. The first-order valence-electron chi connectivity index (χ1n) is 7.85. The van der Waals surface area contributed by atoms with Gasteiger partial charge in [-0.3, -0.25) is 15.1 Å². The number of nitrogens with zero attached hydrogens (tertiary/aromatic N) is 2. The number of non-ortho nitro benzene ring substituents is 1. The number of nitro groups is 1. The van der Waals surface area contributed by atoms with Gasteiger partial charge in [0.25, 0.3) is 5.69 Å². The molecule has 0 aliphatic heterocycles. The number of aryl methyl sites for hydroxylation is 1. The maximum Gasteiger partial charge on any atom is 0.269 e. The number of rotatable bonds is 6. The Bertz CT molecular complexity index is 757. The second-order valence-corrected chi connectivity index (χ2v) is 5.52. The summed E-state index contributed by atoms with van der Waals surface area (Å²) in [4.78, 5) is 14.4. The molecule has 0 aromatic heterocycles. The first-order valence-corrected chi connectivity index (χ1v) is 7.85. The highest BCUT2D eigenvalue weighted by Gasteiger charge is 2.06. The summed E-state index contributed by atoms with van der Waals surface area (Å²) in [5.41, 5.74) is 3.19. The third-order valence-corrected chi connectivity index (χ3v) is 3.72. The van der Waals surface area contributed by atoms with Crippen LogP contribution in [-0.2, 0) is 13.1 Å². The molecule has 7 heteroatoms. The number of benzene rings is 2. The SMILES string of the molecule is CN=C(NCc1ccc([N+](=O)[O-])cc1)NCc1ccc(C)cc1OC. The summed E-state index contributed by atoms with van der Waals surface area (Å²) >= 11 is 0. The Morgan fingerprint density at radius 2 is 1.84 bits per heavy atom. The van der Waals surface area contributed by atoms with Crippen molar-refractivity contribution < 1.29 is 9.66 Å². The minimum absolute atomic E-state index is 0.0812. The van der Waals surface area contributed by atoms with Crippen molar-refractivity contribution in [2.45, 2.75) is 20.0 Å². The molecule has 7 nitrogen and oxygen atoms in total. The van der Waals surface area contributed by atoms with Crippen LogP contribution in [0.1, 0.15) is 16.7 Å². The molecule has 0 bridgehead atoms. The van der Waals surface area contributed by atoms with Crippen LogP contribution in [-0.4, -0.2) is 25.0 Å². The monoisotopic (exact) mass is 342 g/mol. The lowest BCUT2D eigenvalue weighted by atomic mass is 10.1. The molecule has 0 saturated heterocycles. The Balaban J connectivity index is 1.92. The molecule has 25 heavy (non-hydrogen) atoms. The topological polar surface area (TPSA) is 88.8 Å². The lowest BCUT2D eigenvalue weighted by Crippen LogP contribution is -2.36. The van der Waals surface area contributed by atoms with E-state index < -0.39 is 4.92 Å². The van der Waals surface area contributed by atoms with Gasteiger partial charge in [-0.1, -0.05) is 24.3 Å². The first kappa shape index (κ1) is 18.3. The standard InChI is InChI=1S/C18H22N4O3/c1-13-4-7-15(17(10-13)25-3)12-21-18(19-2)20-11-14-5-8-16(9-6-14)22(23)24/h4-10H,11-12H2,1-3H3,(H2,19,20,21). The van der Waals surface area contributed by atoms with Crippen LogP contribution in [0.25, 0.3) is 0 Å². The van der Waals surface area contributed by atoms with Crippen molar-refractivity contribution in [1.82, 2.24) is 10.6 Å². The van der Waals surface area contributed by atoms with E-state index in [9.17, 15) is 10.1 Å². The fourth-order valence-electron chi connectivity index (χ4n) is 2.32. The van der Waals surface area contributed by atoms with Gasteiger partial charge in [0.05, 0.1) is 12.0 Å². The maximum absolute atomic E-state index is 10.7. The molecule has 0 saturated carbocycles. The van der Waals surface area contributed by atoms with E-state index in [-0.39, 0.29) is 5.69 Å². The normalized spacial score (nSPS) is 11.1. The molecule has 2 aromatic carbocycles. The predicted octanol–water partition coefficient (Wildman–Crippen LogP) is 2.78. The molecule has 0 spiro atoms. The highest BCUT2D eigenvalue weighted by atomic mass is 16.6. The number of aliphatic imine (C=N–C) groups is 1. The van der Waals surface area contributed by atoms with Crippen LogP contribution in [0.15, 0.2) is 47.5 Å².